The number of nitrogens with one attached hydrogen (secondary N) is 1. The molecular formula is C16H17ClN2O4S2. The lowest BCUT2D eigenvalue weighted by Crippen LogP contribution is -2.20. The van der Waals surface area contributed by atoms with Gasteiger partial charge in [-0.15, -0.1) is 6.58 Å². The number of carbonyl (C=O) groups is 1. The molecule has 0 saturated carbocycles. The molecule has 0 aliphatic rings. The van der Waals surface area contributed by atoms with Crippen molar-refractivity contribution in [2.45, 2.75) is 25.0 Å². The summed E-state index contributed by atoms with van der Waals surface area (Å²) in [6.07, 6.45) is 3.54. The Bertz CT molecular complexity index is 865. The zero-order valence-electron chi connectivity index (χ0n) is 13.4. The first-order valence-electron chi connectivity index (χ1n) is 7.42. The lowest BCUT2D eigenvalue weighted by molar-refractivity contribution is -0.134. The molecule has 1 N–H and O–H groups in total. The van der Waals surface area contributed by atoms with E-state index in [9.17, 15) is 13.2 Å². The molecule has 25 heavy (non-hydrogen) atoms. The molecule has 0 fully saturated rings. The molecule has 0 amide bonds. The minimum atomic E-state index is -3.87. The van der Waals surface area contributed by atoms with Crippen molar-refractivity contribution in [2.24, 2.45) is 0 Å². The molecule has 1 heterocycles. The van der Waals surface area contributed by atoms with E-state index in [1.165, 1.54) is 12.3 Å². The summed E-state index contributed by atoms with van der Waals surface area (Å²) in [7, 11) is -3.87. The van der Waals surface area contributed by atoms with E-state index in [-0.39, 0.29) is 22.6 Å². The van der Waals surface area contributed by atoms with Crippen LogP contribution in [0.2, 0.25) is 5.02 Å². The van der Waals surface area contributed by atoms with Crippen LogP contribution < -0.4 is 9.46 Å². The highest BCUT2D eigenvalue weighted by Gasteiger charge is 2.27. The summed E-state index contributed by atoms with van der Waals surface area (Å²) in [6, 6.07) is 6.64. The van der Waals surface area contributed by atoms with Crippen molar-refractivity contribution in [2.75, 3.05) is 4.72 Å². The second-order valence-corrected chi connectivity index (χ2v) is 8.24. The fraction of sp³-hybridized carbons (Fsp3) is 0.250. The molecule has 0 bridgehead atoms. The van der Waals surface area contributed by atoms with Crippen LogP contribution in [-0.4, -0.2) is 19.4 Å². The molecule has 6 nitrogen and oxygen atoms in total. The summed E-state index contributed by atoms with van der Waals surface area (Å²) in [5.41, 5.74) is 0.415. The van der Waals surface area contributed by atoms with Crippen LogP contribution in [-0.2, 0) is 14.8 Å². The smallest absolute Gasteiger partial charge is 0.312 e. The first-order chi connectivity index (χ1) is 11.9. The fourth-order valence-electron chi connectivity index (χ4n) is 2.03. The standard InChI is InChI=1S/C16H17ClN2O4S2/c1-3-7-14(20)23-15-10-18-16(24-15)19-25(21,22)13(4-2)11-8-5-6-9-12(11)17/h4-6,8-10,13H,2-3,7H2,1H3,(H,18,19). The SMILES string of the molecule is C=CC(c1ccccc1Cl)S(=O)(=O)Nc1ncc(OC(=O)CCC)s1. The van der Waals surface area contributed by atoms with E-state index in [2.05, 4.69) is 16.3 Å². The van der Waals surface area contributed by atoms with Crippen LogP contribution in [0.25, 0.3) is 0 Å². The maximum absolute atomic E-state index is 12.6. The van der Waals surface area contributed by atoms with Gasteiger partial charge in [0.1, 0.15) is 5.25 Å². The second kappa shape index (κ2) is 8.46. The number of rotatable bonds is 8. The van der Waals surface area contributed by atoms with Gasteiger partial charge in [-0.05, 0) is 18.1 Å². The van der Waals surface area contributed by atoms with Gasteiger partial charge in [0.05, 0.1) is 6.20 Å². The predicted molar refractivity (Wildman–Crippen MR) is 99.6 cm³/mol. The van der Waals surface area contributed by atoms with Gasteiger partial charge in [-0.25, -0.2) is 13.4 Å². The Kier molecular flexibility index (Phi) is 6.57. The van der Waals surface area contributed by atoms with Crippen molar-refractivity contribution >= 4 is 44.1 Å². The van der Waals surface area contributed by atoms with Gasteiger partial charge in [0.2, 0.25) is 15.1 Å². The topological polar surface area (TPSA) is 85.4 Å². The van der Waals surface area contributed by atoms with E-state index in [0.29, 0.717) is 17.0 Å². The molecule has 2 aromatic rings. The molecule has 0 saturated heterocycles. The van der Waals surface area contributed by atoms with Crippen molar-refractivity contribution in [3.63, 3.8) is 0 Å². The molecule has 134 valence electrons. The highest BCUT2D eigenvalue weighted by molar-refractivity contribution is 7.93. The zero-order chi connectivity index (χ0) is 18.4. The molecule has 0 radical (unpaired) electrons. The highest BCUT2D eigenvalue weighted by Crippen LogP contribution is 2.33. The molecule has 1 unspecified atom stereocenters. The maximum atomic E-state index is 12.6. The molecule has 0 spiro atoms. The van der Waals surface area contributed by atoms with Gasteiger partial charge in [0, 0.05) is 11.4 Å². The number of benzene rings is 1. The van der Waals surface area contributed by atoms with E-state index in [1.807, 2.05) is 6.92 Å². The Morgan fingerprint density at radius 2 is 2.20 bits per heavy atom. The van der Waals surface area contributed by atoms with Gasteiger partial charge in [-0.3, -0.25) is 9.52 Å². The molecular weight excluding hydrogens is 384 g/mol. The number of halogens is 1. The van der Waals surface area contributed by atoms with Crippen molar-refractivity contribution in [1.29, 1.82) is 0 Å². The lowest BCUT2D eigenvalue weighted by Gasteiger charge is -2.15. The summed E-state index contributed by atoms with van der Waals surface area (Å²) in [5.74, 6) is -0.388. The number of esters is 1. The van der Waals surface area contributed by atoms with E-state index < -0.39 is 15.3 Å². The summed E-state index contributed by atoms with van der Waals surface area (Å²) in [6.45, 7) is 5.45. The Balaban J connectivity index is 2.18. The van der Waals surface area contributed by atoms with Crippen LogP contribution in [0.3, 0.4) is 0 Å². The Morgan fingerprint density at radius 3 is 2.84 bits per heavy atom. The summed E-state index contributed by atoms with van der Waals surface area (Å²) in [5, 5.41) is -0.399. The maximum Gasteiger partial charge on any atom is 0.312 e. The van der Waals surface area contributed by atoms with Gasteiger partial charge in [0.25, 0.3) is 0 Å². The van der Waals surface area contributed by atoms with E-state index in [0.717, 1.165) is 11.3 Å². The lowest BCUT2D eigenvalue weighted by atomic mass is 10.1. The van der Waals surface area contributed by atoms with Gasteiger partial charge in [-0.1, -0.05) is 54.1 Å². The summed E-state index contributed by atoms with van der Waals surface area (Å²) >= 11 is 7.02. The Hall–Kier alpha value is -1.90. The normalized spacial score (nSPS) is 12.4. The van der Waals surface area contributed by atoms with Crippen molar-refractivity contribution in [3.8, 4) is 5.06 Å². The molecule has 1 atom stereocenters. The highest BCUT2D eigenvalue weighted by atomic mass is 35.5. The molecule has 2 rings (SSSR count). The Labute approximate surface area is 155 Å². The van der Waals surface area contributed by atoms with Crippen molar-refractivity contribution in [1.82, 2.24) is 4.98 Å². The van der Waals surface area contributed by atoms with Gasteiger partial charge < -0.3 is 4.74 Å². The third-order valence-corrected chi connectivity index (χ3v) is 6.00. The minimum absolute atomic E-state index is 0.0956. The monoisotopic (exact) mass is 400 g/mol. The molecule has 0 aliphatic carbocycles. The average Bonchev–Trinajstić information content (AvgIpc) is 2.96. The Morgan fingerprint density at radius 1 is 1.48 bits per heavy atom. The van der Waals surface area contributed by atoms with Crippen LogP contribution in [0.5, 0.6) is 5.06 Å². The molecule has 1 aromatic carbocycles. The number of hydrogen-bond donors (Lipinski definition) is 1. The molecule has 0 aliphatic heterocycles. The van der Waals surface area contributed by atoms with E-state index in [4.69, 9.17) is 16.3 Å². The fourth-order valence-corrected chi connectivity index (χ4v) is 4.62. The number of aromatic nitrogens is 1. The zero-order valence-corrected chi connectivity index (χ0v) is 15.8. The van der Waals surface area contributed by atoms with Crippen molar-refractivity contribution < 1.29 is 17.9 Å². The second-order valence-electron chi connectivity index (χ2n) is 5.03. The van der Waals surface area contributed by atoms with Crippen LogP contribution in [0, 0.1) is 0 Å². The number of anilines is 1. The number of nitrogens with zero attached hydrogens (tertiary/aromatic N) is 1. The van der Waals surface area contributed by atoms with Crippen LogP contribution in [0.1, 0.15) is 30.6 Å². The molecule has 9 heteroatoms. The first kappa shape index (κ1) is 19.4. The third kappa shape index (κ3) is 5.04. The largest absolute Gasteiger partial charge is 0.414 e. The van der Waals surface area contributed by atoms with Crippen molar-refractivity contribution in [3.05, 3.63) is 53.7 Å². The number of ether oxygens (including phenoxy) is 1. The third-order valence-electron chi connectivity index (χ3n) is 3.14. The van der Waals surface area contributed by atoms with Gasteiger partial charge in [-0.2, -0.15) is 0 Å². The predicted octanol–water partition coefficient (Wildman–Crippen LogP) is 4.17. The quantitative estimate of drug-likeness (QED) is 0.530. The number of hydrogen-bond acceptors (Lipinski definition) is 6. The average molecular weight is 401 g/mol. The number of sulfonamides is 1. The number of carbonyl (C=O) groups excluding carboxylic acids is 1. The number of thiazole rings is 1. The first-order valence-corrected chi connectivity index (χ1v) is 10.2. The van der Waals surface area contributed by atoms with Crippen LogP contribution >= 0.6 is 22.9 Å². The van der Waals surface area contributed by atoms with Crippen LogP contribution in [0.4, 0.5) is 5.13 Å². The summed E-state index contributed by atoms with van der Waals surface area (Å²) in [4.78, 5) is 15.4. The minimum Gasteiger partial charge on any atom is -0.414 e. The summed E-state index contributed by atoms with van der Waals surface area (Å²) < 4.78 is 32.7. The van der Waals surface area contributed by atoms with Gasteiger partial charge >= 0.3 is 5.97 Å². The van der Waals surface area contributed by atoms with Crippen LogP contribution in [0.15, 0.2) is 43.1 Å². The van der Waals surface area contributed by atoms with Gasteiger partial charge in [0.15, 0.2) is 5.13 Å². The molecule has 1 aromatic heterocycles. The van der Waals surface area contributed by atoms with E-state index >= 15 is 0 Å². The van der Waals surface area contributed by atoms with E-state index in [1.54, 1.807) is 24.3 Å².